The Morgan fingerprint density at radius 3 is 1.22 bits per heavy atom. The molecule has 1 aliphatic carbocycles. The Morgan fingerprint density at radius 1 is 0.340 bits per heavy atom. The van der Waals surface area contributed by atoms with E-state index in [0.717, 1.165) is 45.1 Å². The van der Waals surface area contributed by atoms with Crippen LogP contribution >= 0.6 is 0 Å². The van der Waals surface area contributed by atoms with Crippen LogP contribution in [0.2, 0.25) is 0 Å². The maximum atomic E-state index is 5.26. The molecule has 0 N–H and O–H groups in total. The predicted molar refractivity (Wildman–Crippen MR) is 204 cm³/mol. The summed E-state index contributed by atoms with van der Waals surface area (Å²) in [6, 6.07) is 67.2. The molecule has 0 atom stereocenters. The maximum absolute atomic E-state index is 5.26. The number of nitrogens with zero attached hydrogens (tertiary/aromatic N) is 3. The Balaban J connectivity index is 1.24. The molecule has 0 saturated carbocycles. The smallest absolute Gasteiger partial charge is 0.162 e. The maximum Gasteiger partial charge on any atom is 0.162 e. The van der Waals surface area contributed by atoms with Crippen molar-refractivity contribution in [3.8, 4) is 45.0 Å². The van der Waals surface area contributed by atoms with Crippen molar-refractivity contribution >= 4 is 17.1 Å². The molecule has 0 unspecified atom stereocenters. The zero-order valence-corrected chi connectivity index (χ0v) is 27.2. The minimum atomic E-state index is -0.462. The van der Waals surface area contributed by atoms with Gasteiger partial charge in [0.05, 0.1) is 33.9 Å². The van der Waals surface area contributed by atoms with Crippen LogP contribution in [0.15, 0.2) is 188 Å². The highest BCUT2D eigenvalue weighted by atomic mass is 15.2. The lowest BCUT2D eigenvalue weighted by Gasteiger charge is -2.45. The van der Waals surface area contributed by atoms with E-state index in [1.165, 1.54) is 33.4 Å². The summed E-state index contributed by atoms with van der Waals surface area (Å²) in [6.45, 7) is 0. The number of benzene rings is 7. The Bertz CT molecular complexity index is 2400. The largest absolute Gasteiger partial charge is 0.309 e. The first-order chi connectivity index (χ1) is 24.8. The standard InChI is InChI=1S/C47H31N3/c1-3-17-32(18-4-1)41-31-42(33-19-5-2-6-20-33)49-46(48-41)36-23-9-14-28-43(36)50-44-29-15-12-26-39(44)47(40-27-13-16-30-45(40)50)37-24-10-7-21-34(37)35-22-8-11-25-38(35)47/h1-31H. The quantitative estimate of drug-likeness (QED) is 0.192. The Labute approximate surface area is 291 Å². The molecule has 0 amide bonds. The summed E-state index contributed by atoms with van der Waals surface area (Å²) in [4.78, 5) is 12.9. The molecule has 10 rings (SSSR count). The van der Waals surface area contributed by atoms with Gasteiger partial charge in [0.1, 0.15) is 0 Å². The van der Waals surface area contributed by atoms with Crippen molar-refractivity contribution in [2.75, 3.05) is 4.90 Å². The highest BCUT2D eigenvalue weighted by Gasteiger charge is 2.51. The Hall–Kier alpha value is -6.58. The fraction of sp³-hybridized carbons (Fsp3) is 0.0213. The van der Waals surface area contributed by atoms with Crippen LogP contribution in [0.1, 0.15) is 22.3 Å². The van der Waals surface area contributed by atoms with E-state index < -0.39 is 5.41 Å². The zero-order valence-electron chi connectivity index (χ0n) is 27.2. The van der Waals surface area contributed by atoms with E-state index in [9.17, 15) is 0 Å². The molecule has 1 aliphatic heterocycles. The van der Waals surface area contributed by atoms with Crippen molar-refractivity contribution in [3.05, 3.63) is 210 Å². The first kappa shape index (κ1) is 28.4. The molecule has 2 heterocycles. The summed E-state index contributed by atoms with van der Waals surface area (Å²) in [5, 5.41) is 0. The van der Waals surface area contributed by atoms with Crippen molar-refractivity contribution in [2.45, 2.75) is 5.41 Å². The second kappa shape index (κ2) is 11.3. The summed E-state index contributed by atoms with van der Waals surface area (Å²) < 4.78 is 0. The van der Waals surface area contributed by atoms with Gasteiger partial charge in [-0.25, -0.2) is 9.97 Å². The molecule has 3 nitrogen and oxygen atoms in total. The van der Waals surface area contributed by atoms with Gasteiger partial charge < -0.3 is 4.90 Å². The van der Waals surface area contributed by atoms with E-state index in [4.69, 9.17) is 9.97 Å². The summed E-state index contributed by atoms with van der Waals surface area (Å²) in [6.07, 6.45) is 0. The molecular weight excluding hydrogens is 607 g/mol. The van der Waals surface area contributed by atoms with Gasteiger partial charge in [-0.05, 0) is 63.7 Å². The van der Waals surface area contributed by atoms with Gasteiger partial charge in [-0.3, -0.25) is 0 Å². The average molecular weight is 638 g/mol. The normalized spacial score (nSPS) is 13.3. The van der Waals surface area contributed by atoms with Gasteiger partial charge in [0.25, 0.3) is 0 Å². The van der Waals surface area contributed by atoms with Gasteiger partial charge in [0.2, 0.25) is 0 Å². The minimum Gasteiger partial charge on any atom is -0.309 e. The Morgan fingerprint density at radius 2 is 0.720 bits per heavy atom. The van der Waals surface area contributed by atoms with Crippen molar-refractivity contribution in [3.63, 3.8) is 0 Å². The van der Waals surface area contributed by atoms with Gasteiger partial charge >= 0.3 is 0 Å². The predicted octanol–water partition coefficient (Wildman–Crippen LogP) is 11.6. The third-order valence-corrected chi connectivity index (χ3v) is 10.3. The summed E-state index contributed by atoms with van der Waals surface area (Å²) >= 11 is 0. The molecule has 0 bridgehead atoms. The second-order valence-electron chi connectivity index (χ2n) is 12.9. The molecule has 8 aromatic rings. The van der Waals surface area contributed by atoms with Crippen LogP contribution in [0.25, 0.3) is 45.0 Å². The van der Waals surface area contributed by atoms with E-state index >= 15 is 0 Å². The minimum absolute atomic E-state index is 0.462. The number of anilines is 3. The lowest BCUT2D eigenvalue weighted by molar-refractivity contribution is 0.752. The molecule has 0 saturated heterocycles. The Kier molecular flexibility index (Phi) is 6.40. The van der Waals surface area contributed by atoms with Crippen LogP contribution in [0, 0.1) is 0 Å². The molecule has 0 fully saturated rings. The van der Waals surface area contributed by atoms with Gasteiger partial charge in [-0.15, -0.1) is 0 Å². The molecule has 0 radical (unpaired) electrons. The fourth-order valence-electron chi connectivity index (χ4n) is 8.26. The van der Waals surface area contributed by atoms with Crippen LogP contribution in [0.5, 0.6) is 0 Å². The van der Waals surface area contributed by atoms with E-state index in [-0.39, 0.29) is 0 Å². The highest BCUT2D eigenvalue weighted by Crippen LogP contribution is 2.63. The van der Waals surface area contributed by atoms with Gasteiger partial charge in [-0.1, -0.05) is 158 Å². The van der Waals surface area contributed by atoms with E-state index in [1.807, 2.05) is 12.1 Å². The van der Waals surface area contributed by atoms with Gasteiger partial charge in [-0.2, -0.15) is 0 Å². The van der Waals surface area contributed by atoms with Gasteiger partial charge in [0, 0.05) is 16.7 Å². The number of hydrogen-bond acceptors (Lipinski definition) is 3. The molecule has 50 heavy (non-hydrogen) atoms. The van der Waals surface area contributed by atoms with Crippen LogP contribution in [-0.4, -0.2) is 9.97 Å². The zero-order chi connectivity index (χ0) is 33.1. The first-order valence-corrected chi connectivity index (χ1v) is 17.1. The molecule has 234 valence electrons. The number of hydrogen-bond donors (Lipinski definition) is 0. The van der Waals surface area contributed by atoms with Crippen molar-refractivity contribution in [1.82, 2.24) is 9.97 Å². The molecule has 2 aliphatic rings. The fourth-order valence-corrected chi connectivity index (χ4v) is 8.26. The van der Waals surface area contributed by atoms with E-state index in [2.05, 4.69) is 181 Å². The monoisotopic (exact) mass is 637 g/mol. The van der Waals surface area contributed by atoms with E-state index in [0.29, 0.717) is 5.82 Å². The molecular formula is C47H31N3. The van der Waals surface area contributed by atoms with Crippen LogP contribution in [-0.2, 0) is 5.41 Å². The molecule has 1 aromatic heterocycles. The van der Waals surface area contributed by atoms with Gasteiger partial charge in [0.15, 0.2) is 5.82 Å². The molecule has 3 heteroatoms. The lowest BCUT2D eigenvalue weighted by Crippen LogP contribution is -2.36. The van der Waals surface area contributed by atoms with Crippen molar-refractivity contribution in [1.29, 1.82) is 0 Å². The summed E-state index contributed by atoms with van der Waals surface area (Å²) in [7, 11) is 0. The third-order valence-electron chi connectivity index (χ3n) is 10.3. The highest BCUT2D eigenvalue weighted by molar-refractivity contribution is 5.98. The van der Waals surface area contributed by atoms with Crippen LogP contribution < -0.4 is 4.90 Å². The molecule has 7 aromatic carbocycles. The summed E-state index contributed by atoms with van der Waals surface area (Å²) in [5.74, 6) is 0.688. The second-order valence-corrected chi connectivity index (χ2v) is 12.9. The van der Waals surface area contributed by atoms with Crippen LogP contribution in [0.3, 0.4) is 0 Å². The number of aromatic nitrogens is 2. The van der Waals surface area contributed by atoms with Crippen molar-refractivity contribution in [2.24, 2.45) is 0 Å². The third kappa shape index (κ3) is 4.10. The first-order valence-electron chi connectivity index (χ1n) is 17.1. The number of para-hydroxylation sites is 3. The average Bonchev–Trinajstić information content (AvgIpc) is 3.49. The molecule has 1 spiro atoms. The number of fused-ring (bicyclic) bond motifs is 9. The van der Waals surface area contributed by atoms with Crippen LogP contribution in [0.4, 0.5) is 17.1 Å². The lowest BCUT2D eigenvalue weighted by atomic mass is 9.64. The summed E-state index contributed by atoms with van der Waals surface area (Å²) in [5.41, 5.74) is 15.5. The topological polar surface area (TPSA) is 29.0 Å². The van der Waals surface area contributed by atoms with E-state index in [1.54, 1.807) is 0 Å². The van der Waals surface area contributed by atoms with Crippen molar-refractivity contribution < 1.29 is 0 Å². The number of rotatable bonds is 4. The SMILES string of the molecule is c1ccc(-c2cc(-c3ccccc3)nc(-c3ccccc3N3c4ccccc4C4(c5ccccc5-c5ccccc54)c4ccccc43)n2)cc1.